The number of methoxy groups -OCH3 is 1. The largest absolute Gasteiger partial charge is 0.497 e. The molecular weight excluding hydrogens is 326 g/mol. The Labute approximate surface area is 155 Å². The summed E-state index contributed by atoms with van der Waals surface area (Å²) in [5.41, 5.74) is 1.92. The second kappa shape index (κ2) is 9.22. The molecule has 0 spiro atoms. The Hall–Kier alpha value is -2.56. The number of nitrogens with one attached hydrogen (secondary N) is 1. The number of anilines is 1. The topological polar surface area (TPSA) is 54.5 Å². The van der Waals surface area contributed by atoms with Crippen LogP contribution in [-0.2, 0) is 6.42 Å². The summed E-state index contributed by atoms with van der Waals surface area (Å²) in [5.74, 6) is 1.73. The first-order valence-electron chi connectivity index (χ1n) is 9.38. The standard InChI is InChI=1S/C21H27N3O2/c1-26-19-8-6-7-17(15-19)9-11-22-20-16-18(10-12-23-20)21(25)24-13-4-2-3-5-14-24/h6-8,10,12,15-16H,2-5,9,11,13-14H2,1H3,(H,22,23). The third-order valence-corrected chi connectivity index (χ3v) is 4.75. The van der Waals surface area contributed by atoms with E-state index in [9.17, 15) is 4.79 Å². The number of amides is 1. The number of carbonyl (C=O) groups excluding carboxylic acids is 1. The normalized spacial score (nSPS) is 14.6. The highest BCUT2D eigenvalue weighted by atomic mass is 16.5. The maximum Gasteiger partial charge on any atom is 0.254 e. The maximum absolute atomic E-state index is 12.7. The van der Waals surface area contributed by atoms with E-state index in [-0.39, 0.29) is 5.91 Å². The number of rotatable bonds is 6. The number of likely N-dealkylation sites (tertiary alicyclic amines) is 1. The summed E-state index contributed by atoms with van der Waals surface area (Å²) in [6.45, 7) is 2.47. The van der Waals surface area contributed by atoms with Gasteiger partial charge >= 0.3 is 0 Å². The van der Waals surface area contributed by atoms with Gasteiger partial charge in [-0.15, -0.1) is 0 Å². The summed E-state index contributed by atoms with van der Waals surface area (Å²) in [6, 6.07) is 11.7. The minimum atomic E-state index is 0.116. The first-order valence-corrected chi connectivity index (χ1v) is 9.38. The molecule has 0 atom stereocenters. The van der Waals surface area contributed by atoms with Crippen LogP contribution < -0.4 is 10.1 Å². The summed E-state index contributed by atoms with van der Waals surface area (Å²) in [5, 5.41) is 3.32. The molecule has 5 nitrogen and oxygen atoms in total. The number of hydrogen-bond donors (Lipinski definition) is 1. The van der Waals surface area contributed by atoms with Crippen LogP contribution in [-0.4, -0.2) is 42.5 Å². The Morgan fingerprint density at radius 3 is 2.73 bits per heavy atom. The number of nitrogens with zero attached hydrogens (tertiary/aromatic N) is 2. The predicted molar refractivity (Wildman–Crippen MR) is 104 cm³/mol. The molecule has 3 rings (SSSR count). The first-order chi connectivity index (χ1) is 12.8. The van der Waals surface area contributed by atoms with Crippen molar-refractivity contribution in [2.24, 2.45) is 0 Å². The second-order valence-corrected chi connectivity index (χ2v) is 6.66. The van der Waals surface area contributed by atoms with Crippen LogP contribution in [0, 0.1) is 0 Å². The van der Waals surface area contributed by atoms with Crippen molar-refractivity contribution in [2.45, 2.75) is 32.1 Å². The van der Waals surface area contributed by atoms with E-state index in [0.717, 1.165) is 50.5 Å². The van der Waals surface area contributed by atoms with Gasteiger partial charge in [0.05, 0.1) is 7.11 Å². The van der Waals surface area contributed by atoms with Crippen molar-refractivity contribution in [3.63, 3.8) is 0 Å². The Kier molecular flexibility index (Phi) is 6.47. The molecule has 1 N–H and O–H groups in total. The van der Waals surface area contributed by atoms with E-state index in [1.165, 1.54) is 18.4 Å². The summed E-state index contributed by atoms with van der Waals surface area (Å²) < 4.78 is 5.25. The van der Waals surface area contributed by atoms with Crippen LogP contribution in [0.4, 0.5) is 5.82 Å². The fourth-order valence-electron chi connectivity index (χ4n) is 3.28. The molecule has 1 amide bonds. The molecule has 138 valence electrons. The summed E-state index contributed by atoms with van der Waals surface area (Å²) >= 11 is 0. The Balaban J connectivity index is 1.57. The molecule has 2 heterocycles. The Morgan fingerprint density at radius 1 is 1.15 bits per heavy atom. The Bertz CT molecular complexity index is 725. The monoisotopic (exact) mass is 353 g/mol. The number of carbonyl (C=O) groups is 1. The Morgan fingerprint density at radius 2 is 1.96 bits per heavy atom. The average Bonchev–Trinajstić information content (AvgIpc) is 2.97. The lowest BCUT2D eigenvalue weighted by molar-refractivity contribution is 0.0761. The van der Waals surface area contributed by atoms with Crippen molar-refractivity contribution in [2.75, 3.05) is 32.1 Å². The van der Waals surface area contributed by atoms with Gasteiger partial charge in [-0.2, -0.15) is 0 Å². The number of aromatic nitrogens is 1. The van der Waals surface area contributed by atoms with Crippen molar-refractivity contribution in [3.05, 3.63) is 53.7 Å². The van der Waals surface area contributed by atoms with Crippen LogP contribution in [0.15, 0.2) is 42.6 Å². The third-order valence-electron chi connectivity index (χ3n) is 4.75. The molecule has 1 aliphatic heterocycles. The van der Waals surface area contributed by atoms with Crippen molar-refractivity contribution in [1.82, 2.24) is 9.88 Å². The van der Waals surface area contributed by atoms with E-state index in [2.05, 4.69) is 16.4 Å². The average molecular weight is 353 g/mol. The highest BCUT2D eigenvalue weighted by Gasteiger charge is 2.17. The smallest absolute Gasteiger partial charge is 0.254 e. The molecule has 0 radical (unpaired) electrons. The van der Waals surface area contributed by atoms with Crippen LogP contribution >= 0.6 is 0 Å². The van der Waals surface area contributed by atoms with E-state index >= 15 is 0 Å². The van der Waals surface area contributed by atoms with Crippen LogP contribution in [0.25, 0.3) is 0 Å². The molecule has 1 aromatic heterocycles. The molecule has 1 fully saturated rings. The lowest BCUT2D eigenvalue weighted by Gasteiger charge is -2.20. The summed E-state index contributed by atoms with van der Waals surface area (Å²) in [7, 11) is 1.67. The van der Waals surface area contributed by atoms with E-state index in [4.69, 9.17) is 4.74 Å². The summed E-state index contributed by atoms with van der Waals surface area (Å²) in [4.78, 5) is 19.0. The van der Waals surface area contributed by atoms with Crippen LogP contribution in [0.3, 0.4) is 0 Å². The van der Waals surface area contributed by atoms with Gasteiger partial charge in [0.1, 0.15) is 11.6 Å². The van der Waals surface area contributed by atoms with Gasteiger partial charge < -0.3 is 15.0 Å². The zero-order valence-electron chi connectivity index (χ0n) is 15.4. The van der Waals surface area contributed by atoms with E-state index in [1.807, 2.05) is 29.2 Å². The van der Waals surface area contributed by atoms with Gasteiger partial charge in [0.2, 0.25) is 0 Å². The molecule has 0 bridgehead atoms. The SMILES string of the molecule is COc1cccc(CCNc2cc(C(=O)N3CCCCCC3)ccn2)c1. The van der Waals surface area contributed by atoms with Gasteiger partial charge in [-0.3, -0.25) is 4.79 Å². The van der Waals surface area contributed by atoms with Crippen molar-refractivity contribution < 1.29 is 9.53 Å². The zero-order chi connectivity index (χ0) is 18.2. The molecule has 0 unspecified atom stereocenters. The third kappa shape index (κ3) is 4.97. The van der Waals surface area contributed by atoms with Gasteiger partial charge in [-0.25, -0.2) is 4.98 Å². The van der Waals surface area contributed by atoms with Gasteiger partial charge in [-0.05, 0) is 49.1 Å². The fourth-order valence-corrected chi connectivity index (χ4v) is 3.28. The van der Waals surface area contributed by atoms with Crippen LogP contribution in [0.1, 0.15) is 41.6 Å². The van der Waals surface area contributed by atoms with Crippen LogP contribution in [0.2, 0.25) is 0 Å². The van der Waals surface area contributed by atoms with Gasteiger partial charge in [0.25, 0.3) is 5.91 Å². The number of benzene rings is 1. The van der Waals surface area contributed by atoms with Crippen molar-refractivity contribution in [1.29, 1.82) is 0 Å². The molecule has 2 aromatic rings. The number of hydrogen-bond acceptors (Lipinski definition) is 4. The molecule has 1 aliphatic rings. The van der Waals surface area contributed by atoms with Crippen molar-refractivity contribution >= 4 is 11.7 Å². The molecule has 1 saturated heterocycles. The predicted octanol–water partition coefficient (Wildman–Crippen LogP) is 3.76. The maximum atomic E-state index is 12.7. The summed E-state index contributed by atoms with van der Waals surface area (Å²) in [6.07, 6.45) is 7.21. The van der Waals surface area contributed by atoms with Gasteiger partial charge in [0.15, 0.2) is 0 Å². The quantitative estimate of drug-likeness (QED) is 0.859. The highest BCUT2D eigenvalue weighted by Crippen LogP contribution is 2.16. The molecule has 0 aliphatic carbocycles. The molecule has 0 saturated carbocycles. The van der Waals surface area contributed by atoms with Crippen molar-refractivity contribution in [3.8, 4) is 5.75 Å². The first kappa shape index (κ1) is 18.2. The molecule has 1 aromatic carbocycles. The fraction of sp³-hybridized carbons (Fsp3) is 0.429. The highest BCUT2D eigenvalue weighted by molar-refractivity contribution is 5.94. The number of ether oxygens (including phenoxy) is 1. The van der Waals surface area contributed by atoms with E-state index in [0.29, 0.717) is 5.56 Å². The second-order valence-electron chi connectivity index (χ2n) is 6.66. The van der Waals surface area contributed by atoms with E-state index < -0.39 is 0 Å². The van der Waals surface area contributed by atoms with Crippen LogP contribution in [0.5, 0.6) is 5.75 Å². The minimum Gasteiger partial charge on any atom is -0.497 e. The molecular formula is C21H27N3O2. The minimum absolute atomic E-state index is 0.116. The zero-order valence-corrected chi connectivity index (χ0v) is 15.4. The molecule has 5 heteroatoms. The lowest BCUT2D eigenvalue weighted by Crippen LogP contribution is -2.31. The number of pyridine rings is 1. The lowest BCUT2D eigenvalue weighted by atomic mass is 10.1. The molecule has 26 heavy (non-hydrogen) atoms. The van der Waals surface area contributed by atoms with Gasteiger partial charge in [-0.1, -0.05) is 25.0 Å². The van der Waals surface area contributed by atoms with Gasteiger partial charge in [0, 0.05) is 31.4 Å². The van der Waals surface area contributed by atoms with E-state index in [1.54, 1.807) is 19.4 Å².